The molecular weight excluding hydrogens is 340 g/mol. The van der Waals surface area contributed by atoms with E-state index in [2.05, 4.69) is 32.0 Å². The molecule has 0 aliphatic rings. The van der Waals surface area contributed by atoms with Gasteiger partial charge in [-0.2, -0.15) is 5.26 Å². The number of benzene rings is 1. The largest absolute Gasteiger partial charge is 0.355 e. The third-order valence-electron chi connectivity index (χ3n) is 3.86. The summed E-state index contributed by atoms with van der Waals surface area (Å²) in [6.45, 7) is 1.96. The van der Waals surface area contributed by atoms with Crippen molar-refractivity contribution in [1.82, 2.24) is 15.3 Å². The van der Waals surface area contributed by atoms with Gasteiger partial charge < -0.3 is 16.0 Å². The third kappa shape index (κ3) is 4.19. The van der Waals surface area contributed by atoms with Gasteiger partial charge in [0, 0.05) is 25.5 Å². The highest BCUT2D eigenvalue weighted by Gasteiger charge is 2.14. The van der Waals surface area contributed by atoms with E-state index in [0.717, 1.165) is 5.56 Å². The first-order valence-corrected chi connectivity index (χ1v) is 8.28. The molecule has 1 amide bonds. The van der Waals surface area contributed by atoms with Crippen molar-refractivity contribution < 1.29 is 4.79 Å². The summed E-state index contributed by atoms with van der Waals surface area (Å²) in [7, 11) is 1.55. The van der Waals surface area contributed by atoms with E-state index in [4.69, 9.17) is 0 Å². The molecule has 3 rings (SSSR count). The minimum Gasteiger partial charge on any atom is -0.355 e. The number of para-hydroxylation sites is 1. The Morgan fingerprint density at radius 2 is 1.78 bits per heavy atom. The van der Waals surface area contributed by atoms with Crippen molar-refractivity contribution in [2.45, 2.75) is 6.92 Å². The van der Waals surface area contributed by atoms with Gasteiger partial charge in [0.2, 0.25) is 0 Å². The highest BCUT2D eigenvalue weighted by molar-refractivity contribution is 6.00. The van der Waals surface area contributed by atoms with Crippen molar-refractivity contribution in [1.29, 1.82) is 5.26 Å². The van der Waals surface area contributed by atoms with Gasteiger partial charge in [0.15, 0.2) is 0 Å². The molecule has 0 spiro atoms. The highest BCUT2D eigenvalue weighted by Crippen LogP contribution is 2.26. The van der Waals surface area contributed by atoms with Crippen LogP contribution >= 0.6 is 0 Å². The summed E-state index contributed by atoms with van der Waals surface area (Å²) in [6.07, 6.45) is 3.23. The Morgan fingerprint density at radius 1 is 1.00 bits per heavy atom. The number of carbonyl (C=O) groups excluding carboxylic acids is 1. The van der Waals surface area contributed by atoms with Gasteiger partial charge in [-0.15, -0.1) is 0 Å². The quantitative estimate of drug-likeness (QED) is 0.645. The smallest absolute Gasteiger partial charge is 0.254 e. The maximum absolute atomic E-state index is 12.2. The van der Waals surface area contributed by atoms with Crippen LogP contribution in [-0.2, 0) is 0 Å². The highest BCUT2D eigenvalue weighted by atomic mass is 16.1. The second-order valence-corrected chi connectivity index (χ2v) is 5.82. The number of hydrogen-bond acceptors (Lipinski definition) is 6. The van der Waals surface area contributed by atoms with Gasteiger partial charge >= 0.3 is 0 Å². The lowest BCUT2D eigenvalue weighted by Crippen LogP contribution is -2.19. The molecular formula is C20H18N6O. The van der Waals surface area contributed by atoms with Gasteiger partial charge in [0.05, 0.1) is 22.5 Å². The maximum atomic E-state index is 12.2. The first kappa shape index (κ1) is 17.9. The zero-order valence-corrected chi connectivity index (χ0v) is 14.9. The number of rotatable bonds is 5. The molecule has 2 heterocycles. The van der Waals surface area contributed by atoms with E-state index < -0.39 is 0 Å². The van der Waals surface area contributed by atoms with Gasteiger partial charge in [-0.05, 0) is 30.7 Å². The Balaban J connectivity index is 1.97. The molecule has 0 bridgehead atoms. The van der Waals surface area contributed by atoms with Gasteiger partial charge in [-0.1, -0.05) is 18.2 Å². The molecule has 0 radical (unpaired) electrons. The number of anilines is 4. The van der Waals surface area contributed by atoms with Gasteiger partial charge in [0.25, 0.3) is 5.91 Å². The number of aromatic nitrogens is 2. The zero-order valence-electron chi connectivity index (χ0n) is 14.9. The Morgan fingerprint density at radius 3 is 2.48 bits per heavy atom. The maximum Gasteiger partial charge on any atom is 0.254 e. The van der Waals surface area contributed by atoms with Gasteiger partial charge in [0.1, 0.15) is 17.7 Å². The molecule has 0 fully saturated rings. The first-order chi connectivity index (χ1) is 13.1. The minimum absolute atomic E-state index is 0.278. The van der Waals surface area contributed by atoms with Crippen LogP contribution in [0.5, 0.6) is 0 Å². The first-order valence-electron chi connectivity index (χ1n) is 8.28. The summed E-state index contributed by atoms with van der Waals surface area (Å²) in [5.74, 6) is 0.888. The number of hydrogen-bond donors (Lipinski definition) is 3. The van der Waals surface area contributed by atoms with Crippen LogP contribution in [0.4, 0.5) is 23.0 Å². The molecule has 3 N–H and O–H groups in total. The number of nitriles is 1. The molecule has 0 aliphatic carbocycles. The fourth-order valence-electron chi connectivity index (χ4n) is 2.45. The molecule has 0 atom stereocenters. The molecule has 2 aromatic heterocycles. The van der Waals surface area contributed by atoms with E-state index in [9.17, 15) is 10.1 Å². The summed E-state index contributed by atoms with van der Waals surface area (Å²) >= 11 is 0. The average Bonchev–Trinajstić information content (AvgIpc) is 2.70. The predicted octanol–water partition coefficient (Wildman–Crippen LogP) is 3.50. The summed E-state index contributed by atoms with van der Waals surface area (Å²) < 4.78 is 0. The van der Waals surface area contributed by atoms with Crippen molar-refractivity contribution in [3.05, 3.63) is 71.5 Å². The van der Waals surface area contributed by atoms with E-state index in [-0.39, 0.29) is 5.91 Å². The average molecular weight is 358 g/mol. The fourth-order valence-corrected chi connectivity index (χ4v) is 2.45. The second-order valence-electron chi connectivity index (χ2n) is 5.82. The van der Waals surface area contributed by atoms with Crippen molar-refractivity contribution >= 4 is 28.9 Å². The van der Waals surface area contributed by atoms with Gasteiger partial charge in [-0.25, -0.2) is 9.97 Å². The van der Waals surface area contributed by atoms with Crippen LogP contribution in [0.25, 0.3) is 0 Å². The summed E-state index contributed by atoms with van der Waals surface area (Å²) in [5, 5.41) is 18.2. The third-order valence-corrected chi connectivity index (χ3v) is 3.86. The van der Waals surface area contributed by atoms with E-state index >= 15 is 0 Å². The number of nitrogens with one attached hydrogen (secondary N) is 3. The number of aryl methyl sites for hydroxylation is 1. The van der Waals surface area contributed by atoms with Crippen molar-refractivity contribution in [3.8, 4) is 6.07 Å². The molecule has 0 saturated carbocycles. The van der Waals surface area contributed by atoms with Crippen LogP contribution in [0, 0.1) is 18.3 Å². The normalized spacial score (nSPS) is 9.96. The molecule has 1 aromatic carbocycles. The van der Waals surface area contributed by atoms with Crippen LogP contribution in [-0.4, -0.2) is 22.9 Å². The SMILES string of the molecule is CNC(=O)c1cnc(Nc2ccc(C)cn2)cc1Nc1ccccc1C#N. The lowest BCUT2D eigenvalue weighted by Gasteiger charge is -2.14. The summed E-state index contributed by atoms with van der Waals surface area (Å²) in [6, 6.07) is 14.7. The van der Waals surface area contributed by atoms with Gasteiger partial charge in [-0.3, -0.25) is 4.79 Å². The van der Waals surface area contributed by atoms with E-state index in [1.165, 1.54) is 6.20 Å². The van der Waals surface area contributed by atoms with E-state index in [0.29, 0.717) is 34.1 Å². The molecule has 0 saturated heterocycles. The van der Waals surface area contributed by atoms with Crippen LogP contribution in [0.1, 0.15) is 21.5 Å². The lowest BCUT2D eigenvalue weighted by molar-refractivity contribution is 0.0963. The number of nitrogens with zero attached hydrogens (tertiary/aromatic N) is 3. The Hall–Kier alpha value is -3.92. The fraction of sp³-hybridized carbons (Fsp3) is 0.100. The molecule has 7 nitrogen and oxygen atoms in total. The predicted molar refractivity (Wildman–Crippen MR) is 104 cm³/mol. The van der Waals surface area contributed by atoms with E-state index in [1.54, 1.807) is 37.5 Å². The summed E-state index contributed by atoms with van der Waals surface area (Å²) in [4.78, 5) is 20.8. The Kier molecular flexibility index (Phi) is 5.28. The second kappa shape index (κ2) is 7.97. The molecule has 134 valence electrons. The minimum atomic E-state index is -0.278. The van der Waals surface area contributed by atoms with Crippen molar-refractivity contribution in [2.75, 3.05) is 17.7 Å². The topological polar surface area (TPSA) is 103 Å². The monoisotopic (exact) mass is 358 g/mol. The molecule has 7 heteroatoms. The molecule has 27 heavy (non-hydrogen) atoms. The van der Waals surface area contributed by atoms with Crippen molar-refractivity contribution in [2.24, 2.45) is 0 Å². The Labute approximate surface area is 157 Å². The van der Waals surface area contributed by atoms with E-state index in [1.807, 2.05) is 25.1 Å². The molecule has 0 aliphatic heterocycles. The number of carbonyl (C=O) groups is 1. The Bertz CT molecular complexity index is 1010. The van der Waals surface area contributed by atoms with Crippen LogP contribution < -0.4 is 16.0 Å². The number of amides is 1. The molecule has 3 aromatic rings. The van der Waals surface area contributed by atoms with Crippen LogP contribution in [0.3, 0.4) is 0 Å². The van der Waals surface area contributed by atoms with Crippen LogP contribution in [0.15, 0.2) is 54.9 Å². The molecule has 0 unspecified atom stereocenters. The van der Waals surface area contributed by atoms with Crippen LogP contribution in [0.2, 0.25) is 0 Å². The standard InChI is InChI=1S/C20H18N6O/c1-13-7-8-18(23-11-13)26-19-9-17(15(12-24-19)20(27)22-2)25-16-6-4-3-5-14(16)10-21/h3-9,11-12H,1-2H3,(H,22,27)(H2,23,24,25,26). The summed E-state index contributed by atoms with van der Waals surface area (Å²) in [5.41, 5.74) is 3.04. The lowest BCUT2D eigenvalue weighted by atomic mass is 10.1. The van der Waals surface area contributed by atoms with Crippen molar-refractivity contribution in [3.63, 3.8) is 0 Å². The number of pyridine rings is 2. The zero-order chi connectivity index (χ0) is 19.2.